The summed E-state index contributed by atoms with van der Waals surface area (Å²) in [6, 6.07) is 2.47. The third kappa shape index (κ3) is 1.80. The zero-order valence-electron chi connectivity index (χ0n) is 7.43. The molecule has 0 bridgehead atoms. The van der Waals surface area contributed by atoms with Crippen LogP contribution in [-0.4, -0.2) is 12.1 Å². The van der Waals surface area contributed by atoms with Crippen molar-refractivity contribution in [1.29, 1.82) is 0 Å². The van der Waals surface area contributed by atoms with Gasteiger partial charge in [-0.05, 0) is 31.5 Å². The van der Waals surface area contributed by atoms with Crippen molar-refractivity contribution in [2.45, 2.75) is 13.8 Å². The van der Waals surface area contributed by atoms with Gasteiger partial charge >= 0.3 is 0 Å². The summed E-state index contributed by atoms with van der Waals surface area (Å²) in [4.78, 5) is 21.3. The summed E-state index contributed by atoms with van der Waals surface area (Å²) in [6.45, 7) is 2.95. The van der Waals surface area contributed by atoms with Gasteiger partial charge in [-0.15, -0.1) is 0 Å². The molecule has 0 aromatic heterocycles. The van der Waals surface area contributed by atoms with Gasteiger partial charge in [0.15, 0.2) is 5.78 Å². The monoisotopic (exact) mass is 180 g/mol. The van der Waals surface area contributed by atoms with Gasteiger partial charge in [0, 0.05) is 5.56 Å². The number of hydrogen-bond acceptors (Lipinski definition) is 2. The second-order valence-electron chi connectivity index (χ2n) is 2.86. The van der Waals surface area contributed by atoms with Crippen LogP contribution < -0.4 is 0 Å². The van der Waals surface area contributed by atoms with E-state index in [0.717, 1.165) is 6.07 Å². The first kappa shape index (κ1) is 9.58. The Labute approximate surface area is 75.4 Å². The molecule has 0 saturated heterocycles. The molecule has 0 amide bonds. The number of Topliss-reactive ketones (excluding diaryl/α,β-unsaturated/α-hetero) is 1. The highest BCUT2D eigenvalue weighted by atomic mass is 19.1. The van der Waals surface area contributed by atoms with Gasteiger partial charge in [0.2, 0.25) is 0 Å². The van der Waals surface area contributed by atoms with E-state index in [-0.39, 0.29) is 16.9 Å². The maximum atomic E-state index is 13.1. The number of halogens is 1. The molecule has 0 fully saturated rings. The molecule has 2 nitrogen and oxygen atoms in total. The molecule has 1 aromatic rings. The van der Waals surface area contributed by atoms with Crippen LogP contribution in [-0.2, 0) is 0 Å². The highest BCUT2D eigenvalue weighted by molar-refractivity contribution is 5.95. The fourth-order valence-corrected chi connectivity index (χ4v) is 1.09. The van der Waals surface area contributed by atoms with Crippen LogP contribution in [0.4, 0.5) is 4.39 Å². The molecular weight excluding hydrogens is 171 g/mol. The number of ketones is 1. The van der Waals surface area contributed by atoms with Gasteiger partial charge < -0.3 is 0 Å². The maximum absolute atomic E-state index is 13.1. The lowest BCUT2D eigenvalue weighted by atomic mass is 10.0. The van der Waals surface area contributed by atoms with Crippen LogP contribution in [0.15, 0.2) is 12.1 Å². The zero-order valence-corrected chi connectivity index (χ0v) is 7.43. The quantitative estimate of drug-likeness (QED) is 0.516. The van der Waals surface area contributed by atoms with Crippen molar-refractivity contribution in [2.75, 3.05) is 0 Å². The zero-order chi connectivity index (χ0) is 10.0. The second kappa shape index (κ2) is 3.47. The fourth-order valence-electron chi connectivity index (χ4n) is 1.09. The molecule has 0 N–H and O–H groups in total. The Bertz CT molecular complexity index is 369. The highest BCUT2D eigenvalue weighted by Gasteiger charge is 2.09. The molecule has 0 radical (unpaired) electrons. The minimum Gasteiger partial charge on any atom is -0.298 e. The largest absolute Gasteiger partial charge is 0.298 e. The number of aldehydes is 1. The SMILES string of the molecule is CC(=O)c1cc(C)c(C=O)cc1F. The summed E-state index contributed by atoms with van der Waals surface area (Å²) >= 11 is 0. The van der Waals surface area contributed by atoms with Gasteiger partial charge in [0.25, 0.3) is 0 Å². The summed E-state index contributed by atoms with van der Waals surface area (Å²) in [7, 11) is 0. The van der Waals surface area contributed by atoms with E-state index in [9.17, 15) is 14.0 Å². The topological polar surface area (TPSA) is 34.1 Å². The van der Waals surface area contributed by atoms with E-state index in [2.05, 4.69) is 0 Å². The average Bonchev–Trinajstić information content (AvgIpc) is 2.07. The lowest BCUT2D eigenvalue weighted by Crippen LogP contribution is -2.00. The van der Waals surface area contributed by atoms with Gasteiger partial charge in [0.05, 0.1) is 5.56 Å². The molecule has 68 valence electrons. The van der Waals surface area contributed by atoms with Gasteiger partial charge in [-0.1, -0.05) is 0 Å². The van der Waals surface area contributed by atoms with Crippen LogP contribution >= 0.6 is 0 Å². The van der Waals surface area contributed by atoms with E-state index >= 15 is 0 Å². The van der Waals surface area contributed by atoms with Crippen LogP contribution in [0.1, 0.15) is 33.2 Å². The van der Waals surface area contributed by atoms with Crippen molar-refractivity contribution in [1.82, 2.24) is 0 Å². The number of carbonyl (C=O) groups excluding carboxylic acids is 2. The molecule has 1 rings (SSSR count). The van der Waals surface area contributed by atoms with Crippen LogP contribution in [0.2, 0.25) is 0 Å². The molecule has 0 atom stereocenters. The first-order chi connectivity index (χ1) is 6.06. The smallest absolute Gasteiger partial charge is 0.162 e. The Morgan fingerprint density at radius 1 is 1.46 bits per heavy atom. The van der Waals surface area contributed by atoms with Gasteiger partial charge in [-0.2, -0.15) is 0 Å². The summed E-state index contributed by atoms with van der Waals surface area (Å²) in [6.07, 6.45) is 0.572. The van der Waals surface area contributed by atoms with Crippen LogP contribution in [0, 0.1) is 12.7 Å². The lowest BCUT2D eigenvalue weighted by molar-refractivity contribution is 0.101. The molecule has 13 heavy (non-hydrogen) atoms. The Morgan fingerprint density at radius 3 is 2.54 bits per heavy atom. The first-order valence-corrected chi connectivity index (χ1v) is 3.82. The number of aryl methyl sites for hydroxylation is 1. The van der Waals surface area contributed by atoms with Gasteiger partial charge in [-0.25, -0.2) is 4.39 Å². The van der Waals surface area contributed by atoms with Crippen molar-refractivity contribution < 1.29 is 14.0 Å². The molecule has 0 spiro atoms. The number of benzene rings is 1. The summed E-state index contributed by atoms with van der Waals surface area (Å²) in [5.74, 6) is -0.974. The second-order valence-corrected chi connectivity index (χ2v) is 2.86. The van der Waals surface area contributed by atoms with Crippen molar-refractivity contribution >= 4 is 12.1 Å². The molecule has 0 aliphatic carbocycles. The normalized spacial score (nSPS) is 9.77. The lowest BCUT2D eigenvalue weighted by Gasteiger charge is -2.02. The molecular formula is C10H9FO2. The highest BCUT2D eigenvalue weighted by Crippen LogP contribution is 2.14. The van der Waals surface area contributed by atoms with E-state index in [1.807, 2.05) is 0 Å². The first-order valence-electron chi connectivity index (χ1n) is 3.82. The van der Waals surface area contributed by atoms with E-state index in [4.69, 9.17) is 0 Å². The molecule has 0 aliphatic rings. The third-order valence-electron chi connectivity index (χ3n) is 1.86. The Balaban J connectivity index is 3.36. The van der Waals surface area contributed by atoms with Crippen molar-refractivity contribution in [2.24, 2.45) is 0 Å². The Morgan fingerprint density at radius 2 is 2.08 bits per heavy atom. The van der Waals surface area contributed by atoms with Crippen LogP contribution in [0.25, 0.3) is 0 Å². The summed E-state index contributed by atoms with van der Waals surface area (Å²) in [5.41, 5.74) is 0.923. The van der Waals surface area contributed by atoms with E-state index < -0.39 is 5.82 Å². The van der Waals surface area contributed by atoms with Crippen LogP contribution in [0.3, 0.4) is 0 Å². The molecule has 3 heteroatoms. The summed E-state index contributed by atoms with van der Waals surface area (Å²) in [5, 5.41) is 0. The summed E-state index contributed by atoms with van der Waals surface area (Å²) < 4.78 is 13.1. The minimum absolute atomic E-state index is 0.0306. The van der Waals surface area contributed by atoms with Crippen LogP contribution in [0.5, 0.6) is 0 Å². The van der Waals surface area contributed by atoms with Gasteiger partial charge in [0.1, 0.15) is 12.1 Å². The fraction of sp³-hybridized carbons (Fsp3) is 0.200. The predicted octanol–water partition coefficient (Wildman–Crippen LogP) is 2.15. The molecule has 1 aromatic carbocycles. The van der Waals surface area contributed by atoms with Crippen molar-refractivity contribution in [3.63, 3.8) is 0 Å². The molecule has 0 heterocycles. The van der Waals surface area contributed by atoms with Gasteiger partial charge in [-0.3, -0.25) is 9.59 Å². The van der Waals surface area contributed by atoms with Crippen molar-refractivity contribution in [3.05, 3.63) is 34.6 Å². The molecule has 0 unspecified atom stereocenters. The number of hydrogen-bond donors (Lipinski definition) is 0. The number of rotatable bonds is 2. The standard InChI is InChI=1S/C10H9FO2/c1-6-3-9(7(2)13)10(11)4-8(6)5-12/h3-5H,1-2H3. The third-order valence-corrected chi connectivity index (χ3v) is 1.86. The minimum atomic E-state index is -0.639. The van der Waals surface area contributed by atoms with E-state index in [0.29, 0.717) is 11.8 Å². The van der Waals surface area contributed by atoms with E-state index in [1.165, 1.54) is 13.0 Å². The Hall–Kier alpha value is -1.51. The molecule has 0 aliphatic heterocycles. The Kier molecular flexibility index (Phi) is 2.56. The molecule has 0 saturated carbocycles. The predicted molar refractivity (Wildman–Crippen MR) is 46.5 cm³/mol. The number of carbonyl (C=O) groups is 2. The van der Waals surface area contributed by atoms with E-state index in [1.54, 1.807) is 6.92 Å². The maximum Gasteiger partial charge on any atom is 0.162 e. The van der Waals surface area contributed by atoms with Crippen molar-refractivity contribution in [3.8, 4) is 0 Å². The average molecular weight is 180 g/mol.